The Bertz CT molecular complexity index is 710. The molecule has 0 aliphatic rings. The molecule has 5 nitrogen and oxygen atoms in total. The van der Waals surface area contributed by atoms with Crippen LogP contribution in [0.4, 0.5) is 4.79 Å². The summed E-state index contributed by atoms with van der Waals surface area (Å²) < 4.78 is 5.22. The molecule has 0 aliphatic carbocycles. The van der Waals surface area contributed by atoms with E-state index in [0.717, 1.165) is 34.9 Å². The third kappa shape index (κ3) is 4.71. The van der Waals surface area contributed by atoms with Gasteiger partial charge >= 0.3 is 6.09 Å². The van der Waals surface area contributed by atoms with Crippen LogP contribution in [0.5, 0.6) is 5.75 Å². The second kappa shape index (κ2) is 8.17. The van der Waals surface area contributed by atoms with Gasteiger partial charge in [-0.25, -0.2) is 4.79 Å². The quantitative estimate of drug-likeness (QED) is 0.378. The van der Waals surface area contributed by atoms with E-state index in [2.05, 4.69) is 17.4 Å². The van der Waals surface area contributed by atoms with E-state index in [-0.39, 0.29) is 0 Å². The zero-order chi connectivity index (χ0) is 16.7. The fourth-order valence-electron chi connectivity index (χ4n) is 2.14. The predicted octanol–water partition coefficient (Wildman–Crippen LogP) is 4.10. The molecule has 0 spiro atoms. The molecule has 0 heterocycles. The van der Waals surface area contributed by atoms with E-state index in [9.17, 15) is 4.79 Å². The second-order valence-corrected chi connectivity index (χ2v) is 5.26. The van der Waals surface area contributed by atoms with Crippen LogP contribution in [0, 0.1) is 0 Å². The van der Waals surface area contributed by atoms with Gasteiger partial charge in [0.25, 0.3) is 0 Å². The van der Waals surface area contributed by atoms with Crippen LogP contribution in [-0.2, 0) is 4.84 Å². The first-order chi connectivity index (χ1) is 11.1. The van der Waals surface area contributed by atoms with Gasteiger partial charge in [-0.2, -0.15) is 0 Å². The number of nitrogens with one attached hydrogen (secondary N) is 1. The highest BCUT2D eigenvalue weighted by molar-refractivity contribution is 6.02. The first kappa shape index (κ1) is 16.8. The molecule has 0 fully saturated rings. The number of nitrogens with zero attached hydrogens (tertiary/aromatic N) is 1. The average molecular weight is 314 g/mol. The Balaban J connectivity index is 2.06. The van der Waals surface area contributed by atoms with Gasteiger partial charge in [0.2, 0.25) is 0 Å². The summed E-state index contributed by atoms with van der Waals surface area (Å²) in [7, 11) is 1.65. The topological polar surface area (TPSA) is 59.9 Å². The van der Waals surface area contributed by atoms with Crippen molar-refractivity contribution in [2.75, 3.05) is 13.7 Å². The monoisotopic (exact) mass is 314 g/mol. The molecule has 1 N–H and O–H groups in total. The molecule has 23 heavy (non-hydrogen) atoms. The van der Waals surface area contributed by atoms with Crippen molar-refractivity contribution < 1.29 is 14.4 Å². The van der Waals surface area contributed by atoms with Gasteiger partial charge in [-0.05, 0) is 47.9 Å². The largest absolute Gasteiger partial charge is 0.497 e. The van der Waals surface area contributed by atoms with Gasteiger partial charge in [-0.3, -0.25) is 4.84 Å². The fraction of sp³-hybridized carbons (Fsp3) is 0.333. The summed E-state index contributed by atoms with van der Waals surface area (Å²) in [5.74, 6) is 0.822. The minimum absolute atomic E-state index is 0.525. The smallest absolute Gasteiger partial charge is 0.433 e. The van der Waals surface area contributed by atoms with Crippen LogP contribution >= 0.6 is 0 Å². The van der Waals surface area contributed by atoms with Gasteiger partial charge < -0.3 is 10.1 Å². The summed E-state index contributed by atoms with van der Waals surface area (Å²) in [6.07, 6.45) is 1.42. The highest BCUT2D eigenvalue weighted by Crippen LogP contribution is 2.22. The van der Waals surface area contributed by atoms with Crippen molar-refractivity contribution in [2.24, 2.45) is 5.16 Å². The highest BCUT2D eigenvalue weighted by atomic mass is 16.7. The second-order valence-electron chi connectivity index (χ2n) is 5.26. The molecule has 0 saturated carbocycles. The number of rotatable bonds is 6. The van der Waals surface area contributed by atoms with Crippen molar-refractivity contribution in [3.05, 3.63) is 42.0 Å². The van der Waals surface area contributed by atoms with Gasteiger partial charge in [-0.1, -0.05) is 36.7 Å². The van der Waals surface area contributed by atoms with Crippen molar-refractivity contribution in [3.63, 3.8) is 0 Å². The van der Waals surface area contributed by atoms with Gasteiger partial charge in [0.15, 0.2) is 0 Å². The number of hydrogen-bond donors (Lipinski definition) is 1. The van der Waals surface area contributed by atoms with Crippen LogP contribution < -0.4 is 10.1 Å². The zero-order valence-corrected chi connectivity index (χ0v) is 13.8. The maximum Gasteiger partial charge on any atom is 0.433 e. The number of oxime groups is 1. The van der Waals surface area contributed by atoms with Crippen LogP contribution in [0.2, 0.25) is 0 Å². The molecule has 2 rings (SSSR count). The Morgan fingerprint density at radius 1 is 1.17 bits per heavy atom. The molecule has 2 aromatic rings. The summed E-state index contributed by atoms with van der Waals surface area (Å²) in [4.78, 5) is 16.4. The lowest BCUT2D eigenvalue weighted by Gasteiger charge is -2.06. The van der Waals surface area contributed by atoms with Crippen molar-refractivity contribution in [3.8, 4) is 5.75 Å². The minimum Gasteiger partial charge on any atom is -0.497 e. The lowest BCUT2D eigenvalue weighted by molar-refractivity contribution is 0.150. The average Bonchev–Trinajstić information content (AvgIpc) is 2.58. The molecule has 5 heteroatoms. The van der Waals surface area contributed by atoms with E-state index >= 15 is 0 Å². The van der Waals surface area contributed by atoms with E-state index in [1.54, 1.807) is 7.11 Å². The molecular weight excluding hydrogens is 292 g/mol. The van der Waals surface area contributed by atoms with Crippen molar-refractivity contribution >= 4 is 22.6 Å². The van der Waals surface area contributed by atoms with Gasteiger partial charge in [0, 0.05) is 6.54 Å². The Morgan fingerprint density at radius 3 is 2.65 bits per heavy atom. The molecule has 0 radical (unpaired) electrons. The number of benzene rings is 2. The standard InChI is InChI=1S/C18H22N2O3/c1-4-5-10-19-18(21)23-20-13(2)14-6-7-16-12-17(22-3)9-8-15(16)11-14/h6-9,11-12H,4-5,10H2,1-3H3,(H,19,21). The Morgan fingerprint density at radius 2 is 1.91 bits per heavy atom. The van der Waals surface area contributed by atoms with E-state index in [0.29, 0.717) is 12.3 Å². The van der Waals surface area contributed by atoms with Crippen molar-refractivity contribution in [1.82, 2.24) is 5.32 Å². The molecule has 0 unspecified atom stereocenters. The first-order valence-corrected chi connectivity index (χ1v) is 7.71. The van der Waals surface area contributed by atoms with Crippen LogP contribution in [0.15, 0.2) is 41.6 Å². The van der Waals surface area contributed by atoms with E-state index in [1.165, 1.54) is 0 Å². The summed E-state index contributed by atoms with van der Waals surface area (Å²) in [5, 5.41) is 8.70. The van der Waals surface area contributed by atoms with Crippen molar-refractivity contribution in [2.45, 2.75) is 26.7 Å². The Hall–Kier alpha value is -2.56. The first-order valence-electron chi connectivity index (χ1n) is 7.71. The molecule has 0 aliphatic heterocycles. The number of unbranched alkanes of at least 4 members (excludes halogenated alkanes) is 1. The van der Waals surface area contributed by atoms with Crippen LogP contribution in [0.25, 0.3) is 10.8 Å². The van der Waals surface area contributed by atoms with Crippen molar-refractivity contribution in [1.29, 1.82) is 0 Å². The molecule has 2 aromatic carbocycles. The summed E-state index contributed by atoms with van der Waals surface area (Å²) in [6.45, 7) is 4.47. The normalized spacial score (nSPS) is 11.3. The summed E-state index contributed by atoms with van der Waals surface area (Å²) in [5.41, 5.74) is 1.55. The number of methoxy groups -OCH3 is 1. The van der Waals surface area contributed by atoms with Gasteiger partial charge in [-0.15, -0.1) is 0 Å². The third-order valence-electron chi connectivity index (χ3n) is 3.53. The van der Waals surface area contributed by atoms with E-state index in [1.807, 2.05) is 43.3 Å². The third-order valence-corrected chi connectivity index (χ3v) is 3.53. The SMILES string of the molecule is CCCCNC(=O)ON=C(C)c1ccc2cc(OC)ccc2c1. The van der Waals surface area contributed by atoms with E-state index < -0.39 is 6.09 Å². The number of carbonyl (C=O) groups is 1. The van der Waals surface area contributed by atoms with Crippen LogP contribution in [-0.4, -0.2) is 25.5 Å². The zero-order valence-electron chi connectivity index (χ0n) is 13.8. The number of amides is 1. The Labute approximate surface area is 136 Å². The van der Waals surface area contributed by atoms with Crippen LogP contribution in [0.1, 0.15) is 32.3 Å². The van der Waals surface area contributed by atoms with Gasteiger partial charge in [0.1, 0.15) is 5.75 Å². The molecule has 0 bridgehead atoms. The number of ether oxygens (including phenoxy) is 1. The molecule has 1 amide bonds. The number of hydrogen-bond acceptors (Lipinski definition) is 4. The molecule has 0 atom stereocenters. The highest BCUT2D eigenvalue weighted by Gasteiger charge is 2.04. The molecule has 0 saturated heterocycles. The fourth-order valence-corrected chi connectivity index (χ4v) is 2.14. The van der Waals surface area contributed by atoms with Crippen LogP contribution in [0.3, 0.4) is 0 Å². The maximum absolute atomic E-state index is 11.5. The summed E-state index contributed by atoms with van der Waals surface area (Å²) in [6, 6.07) is 11.8. The number of fused-ring (bicyclic) bond motifs is 1. The van der Waals surface area contributed by atoms with E-state index in [4.69, 9.17) is 9.57 Å². The summed E-state index contributed by atoms with van der Waals surface area (Å²) >= 11 is 0. The number of carbonyl (C=O) groups excluding carboxylic acids is 1. The lowest BCUT2D eigenvalue weighted by atomic mass is 10.0. The predicted molar refractivity (Wildman–Crippen MR) is 92.1 cm³/mol. The maximum atomic E-state index is 11.5. The molecule has 0 aromatic heterocycles. The minimum atomic E-state index is -0.525. The lowest BCUT2D eigenvalue weighted by Crippen LogP contribution is -2.24. The molecule has 122 valence electrons. The molecular formula is C18H22N2O3. The Kier molecular flexibility index (Phi) is 5.97. The van der Waals surface area contributed by atoms with Gasteiger partial charge in [0.05, 0.1) is 12.8 Å².